The number of esters is 1. The highest BCUT2D eigenvalue weighted by molar-refractivity contribution is 7.12. The van der Waals surface area contributed by atoms with Crippen molar-refractivity contribution in [1.29, 1.82) is 0 Å². The number of thiophene rings is 1. The van der Waals surface area contributed by atoms with Crippen LogP contribution >= 0.6 is 11.3 Å². The lowest BCUT2D eigenvalue weighted by molar-refractivity contribution is -0.120. The summed E-state index contributed by atoms with van der Waals surface area (Å²) in [6.07, 6.45) is 6.69. The van der Waals surface area contributed by atoms with Gasteiger partial charge in [0, 0.05) is 5.92 Å². The first-order valence-corrected chi connectivity index (χ1v) is 6.72. The van der Waals surface area contributed by atoms with Crippen LogP contribution in [0.1, 0.15) is 28.9 Å². The number of methoxy groups -OCH3 is 1. The van der Waals surface area contributed by atoms with Gasteiger partial charge in [0.05, 0.1) is 12.8 Å². The molecule has 1 atom stereocenters. The number of ether oxygens (including phenoxy) is 1. The summed E-state index contributed by atoms with van der Waals surface area (Å²) < 4.78 is 4.67. The lowest BCUT2D eigenvalue weighted by Gasteiger charge is -2.17. The number of hydrogen-bond donors (Lipinski definition) is 1. The third-order valence-electron chi connectivity index (χ3n) is 2.93. The summed E-state index contributed by atoms with van der Waals surface area (Å²) in [6.45, 7) is 0. The number of nitrogens with one attached hydrogen (secondary N) is 1. The van der Waals surface area contributed by atoms with Gasteiger partial charge < -0.3 is 10.1 Å². The van der Waals surface area contributed by atoms with E-state index < -0.39 is 5.97 Å². The molecule has 0 saturated carbocycles. The van der Waals surface area contributed by atoms with Crippen LogP contribution in [-0.4, -0.2) is 19.0 Å². The number of hydrogen-bond acceptors (Lipinski definition) is 4. The van der Waals surface area contributed by atoms with Gasteiger partial charge in [0.15, 0.2) is 0 Å². The molecule has 5 heteroatoms. The van der Waals surface area contributed by atoms with Crippen molar-refractivity contribution in [3.05, 3.63) is 28.5 Å². The Kier molecular flexibility index (Phi) is 4.15. The first kappa shape index (κ1) is 12.8. The molecule has 1 heterocycles. The zero-order valence-electron chi connectivity index (χ0n) is 10.1. The molecule has 0 spiro atoms. The van der Waals surface area contributed by atoms with Gasteiger partial charge in [-0.2, -0.15) is 0 Å². The van der Waals surface area contributed by atoms with E-state index >= 15 is 0 Å². The molecule has 1 aromatic rings. The summed E-state index contributed by atoms with van der Waals surface area (Å²) in [5.41, 5.74) is 0.548. The van der Waals surface area contributed by atoms with E-state index in [4.69, 9.17) is 0 Å². The third kappa shape index (κ3) is 2.79. The van der Waals surface area contributed by atoms with E-state index in [1.165, 1.54) is 18.4 Å². The fraction of sp³-hybridized carbons (Fsp3) is 0.385. The van der Waals surface area contributed by atoms with E-state index in [0.717, 1.165) is 19.3 Å². The van der Waals surface area contributed by atoms with Gasteiger partial charge >= 0.3 is 5.97 Å². The molecule has 0 saturated heterocycles. The second-order valence-electron chi connectivity index (χ2n) is 4.13. The molecular weight excluding hydrogens is 250 g/mol. The largest absolute Gasteiger partial charge is 0.465 e. The van der Waals surface area contributed by atoms with Crippen LogP contribution in [0, 0.1) is 5.92 Å². The predicted octanol–water partition coefficient (Wildman–Crippen LogP) is 2.83. The maximum absolute atomic E-state index is 12.0. The molecular formula is C13H15NO3S. The second kappa shape index (κ2) is 5.82. The summed E-state index contributed by atoms with van der Waals surface area (Å²) in [5.74, 6) is -0.438. The topological polar surface area (TPSA) is 55.4 Å². The first-order valence-electron chi connectivity index (χ1n) is 5.84. The maximum Gasteiger partial charge on any atom is 0.350 e. The molecule has 96 valence electrons. The van der Waals surface area contributed by atoms with Gasteiger partial charge in [-0.1, -0.05) is 12.2 Å². The predicted molar refractivity (Wildman–Crippen MR) is 70.8 cm³/mol. The van der Waals surface area contributed by atoms with E-state index in [-0.39, 0.29) is 11.8 Å². The Hall–Kier alpha value is -1.62. The summed E-state index contributed by atoms with van der Waals surface area (Å²) >= 11 is 1.27. The van der Waals surface area contributed by atoms with Crippen LogP contribution in [-0.2, 0) is 9.53 Å². The van der Waals surface area contributed by atoms with Crippen molar-refractivity contribution in [3.8, 4) is 0 Å². The number of carbonyl (C=O) groups excluding carboxylic acids is 2. The lowest BCUT2D eigenvalue weighted by atomic mass is 9.93. The van der Waals surface area contributed by atoms with Crippen molar-refractivity contribution in [2.45, 2.75) is 19.3 Å². The smallest absolute Gasteiger partial charge is 0.350 e. The highest BCUT2D eigenvalue weighted by Gasteiger charge is 2.21. The van der Waals surface area contributed by atoms with Gasteiger partial charge in [-0.15, -0.1) is 11.3 Å². The Morgan fingerprint density at radius 2 is 2.28 bits per heavy atom. The van der Waals surface area contributed by atoms with Gasteiger partial charge in [-0.3, -0.25) is 4.79 Å². The van der Waals surface area contributed by atoms with Crippen molar-refractivity contribution in [3.63, 3.8) is 0 Å². The number of rotatable bonds is 3. The molecule has 1 aliphatic rings. The molecule has 0 aromatic carbocycles. The Morgan fingerprint density at radius 1 is 1.44 bits per heavy atom. The monoisotopic (exact) mass is 265 g/mol. The van der Waals surface area contributed by atoms with E-state index in [1.54, 1.807) is 11.4 Å². The highest BCUT2D eigenvalue weighted by Crippen LogP contribution is 2.25. The van der Waals surface area contributed by atoms with Crippen LogP contribution < -0.4 is 5.32 Å². The van der Waals surface area contributed by atoms with Crippen LogP contribution in [0.2, 0.25) is 0 Å². The average molecular weight is 265 g/mol. The summed E-state index contributed by atoms with van der Waals surface area (Å²) in [7, 11) is 1.33. The normalized spacial score (nSPS) is 18.4. The van der Waals surface area contributed by atoms with Crippen LogP contribution in [0.25, 0.3) is 0 Å². The molecule has 1 aliphatic carbocycles. The van der Waals surface area contributed by atoms with Crippen LogP contribution in [0.15, 0.2) is 23.6 Å². The van der Waals surface area contributed by atoms with Crippen LogP contribution in [0.5, 0.6) is 0 Å². The van der Waals surface area contributed by atoms with Gasteiger partial charge in [-0.05, 0) is 30.7 Å². The lowest BCUT2D eigenvalue weighted by Crippen LogP contribution is -2.24. The van der Waals surface area contributed by atoms with Gasteiger partial charge in [-0.25, -0.2) is 4.79 Å². The van der Waals surface area contributed by atoms with Crippen molar-refractivity contribution >= 4 is 28.9 Å². The quantitative estimate of drug-likeness (QED) is 0.675. The van der Waals surface area contributed by atoms with Crippen molar-refractivity contribution in [2.24, 2.45) is 5.92 Å². The number of amides is 1. The maximum atomic E-state index is 12.0. The minimum atomic E-state index is -0.413. The molecule has 0 bridgehead atoms. The Labute approximate surface area is 110 Å². The minimum Gasteiger partial charge on any atom is -0.465 e. The molecule has 0 radical (unpaired) electrons. The standard InChI is InChI=1S/C13H15NO3S/c1-17-13(16)11-10(7-8-18-11)14-12(15)9-5-3-2-4-6-9/h2-3,7-9H,4-6H2,1H3,(H,14,15). The highest BCUT2D eigenvalue weighted by atomic mass is 32.1. The fourth-order valence-corrected chi connectivity index (χ4v) is 2.69. The van der Waals surface area contributed by atoms with Crippen LogP contribution in [0.3, 0.4) is 0 Å². The molecule has 1 unspecified atom stereocenters. The van der Waals surface area contributed by atoms with Gasteiger partial charge in [0.25, 0.3) is 0 Å². The third-order valence-corrected chi connectivity index (χ3v) is 3.83. The van der Waals surface area contributed by atoms with Crippen molar-refractivity contribution in [2.75, 3.05) is 12.4 Å². The molecule has 0 fully saturated rings. The first-order chi connectivity index (χ1) is 8.72. The van der Waals surface area contributed by atoms with E-state index in [0.29, 0.717) is 10.6 Å². The minimum absolute atomic E-state index is 0.000368. The van der Waals surface area contributed by atoms with E-state index in [9.17, 15) is 9.59 Å². The molecule has 1 aromatic heterocycles. The number of allylic oxidation sites excluding steroid dienone is 2. The molecule has 1 amide bonds. The average Bonchev–Trinajstić information content (AvgIpc) is 2.87. The Morgan fingerprint density at radius 3 is 2.94 bits per heavy atom. The SMILES string of the molecule is COC(=O)c1sccc1NC(=O)C1CC=CCC1. The molecule has 0 aliphatic heterocycles. The summed E-state index contributed by atoms with van der Waals surface area (Å²) in [4.78, 5) is 24.0. The zero-order chi connectivity index (χ0) is 13.0. The van der Waals surface area contributed by atoms with Crippen LogP contribution in [0.4, 0.5) is 5.69 Å². The number of anilines is 1. The number of carbonyl (C=O) groups is 2. The van der Waals surface area contributed by atoms with Crippen molar-refractivity contribution < 1.29 is 14.3 Å². The molecule has 4 nitrogen and oxygen atoms in total. The molecule has 1 N–H and O–H groups in total. The molecule has 2 rings (SSSR count). The van der Waals surface area contributed by atoms with E-state index in [1.807, 2.05) is 6.08 Å². The summed E-state index contributed by atoms with van der Waals surface area (Å²) in [6, 6.07) is 1.73. The van der Waals surface area contributed by atoms with E-state index in [2.05, 4.69) is 16.1 Å². The Bertz CT molecular complexity index is 478. The molecule has 18 heavy (non-hydrogen) atoms. The van der Waals surface area contributed by atoms with Gasteiger partial charge in [0.2, 0.25) is 5.91 Å². The van der Waals surface area contributed by atoms with Crippen molar-refractivity contribution in [1.82, 2.24) is 0 Å². The fourth-order valence-electron chi connectivity index (χ4n) is 1.93. The second-order valence-corrected chi connectivity index (χ2v) is 5.04. The Balaban J connectivity index is 2.05. The zero-order valence-corrected chi connectivity index (χ0v) is 11.0. The van der Waals surface area contributed by atoms with Gasteiger partial charge in [0.1, 0.15) is 4.88 Å². The summed E-state index contributed by atoms with van der Waals surface area (Å²) in [5, 5.41) is 4.58.